The second-order valence-electron chi connectivity index (χ2n) is 6.00. The van der Waals surface area contributed by atoms with E-state index in [2.05, 4.69) is 15.2 Å². The van der Waals surface area contributed by atoms with Crippen LogP contribution in [0.5, 0.6) is 5.75 Å². The van der Waals surface area contributed by atoms with Gasteiger partial charge in [-0.1, -0.05) is 11.2 Å². The summed E-state index contributed by atoms with van der Waals surface area (Å²) in [6, 6.07) is 11.0. The van der Waals surface area contributed by atoms with Crippen molar-refractivity contribution < 1.29 is 27.3 Å². The minimum absolute atomic E-state index is 0.0239. The largest absolute Gasteiger partial charge is 0.461 e. The van der Waals surface area contributed by atoms with Crippen LogP contribution < -0.4 is 10.1 Å². The van der Waals surface area contributed by atoms with E-state index in [0.29, 0.717) is 35.7 Å². The van der Waals surface area contributed by atoms with Gasteiger partial charge in [-0.25, -0.2) is 0 Å². The van der Waals surface area contributed by atoms with Gasteiger partial charge in [-0.15, -0.1) is 0 Å². The second-order valence-corrected chi connectivity index (χ2v) is 6.00. The maximum atomic E-state index is 12.7. The van der Waals surface area contributed by atoms with Gasteiger partial charge in [-0.05, 0) is 37.1 Å². The molecule has 0 bridgehead atoms. The average Bonchev–Trinajstić information content (AvgIpc) is 3.03. The zero-order valence-corrected chi connectivity index (χ0v) is 13.4. The number of rotatable bonds is 6. The van der Waals surface area contributed by atoms with Gasteiger partial charge < -0.3 is 19.0 Å². The topological polar surface area (TPSA) is 77.5 Å². The Morgan fingerprint density at radius 3 is 2.73 bits per heavy atom. The highest BCUT2D eigenvalue weighted by Crippen LogP contribution is 2.49. The Labute approximate surface area is 146 Å². The molecular weight excluding hydrogens is 346 g/mol. The molecule has 0 aliphatic heterocycles. The molecule has 1 aromatic carbocycles. The first-order valence-corrected chi connectivity index (χ1v) is 7.94. The Morgan fingerprint density at radius 2 is 2.04 bits per heavy atom. The zero-order valence-electron chi connectivity index (χ0n) is 13.4. The molecule has 0 unspecified atom stereocenters. The summed E-state index contributed by atoms with van der Waals surface area (Å²) in [7, 11) is 0. The molecule has 1 fully saturated rings. The lowest BCUT2D eigenvalue weighted by Crippen LogP contribution is -2.28. The zero-order chi connectivity index (χ0) is 18.1. The van der Waals surface area contributed by atoms with Crippen molar-refractivity contribution in [2.24, 2.45) is 0 Å². The standard InChI is InChI=1S/C18H14F2N2O4/c19-17(20)25-12-4-1-3-11(9-12)21-16(23)18(6-7-18)15-10-14(26-22-15)13-5-2-8-24-13/h1-5,8-10,17H,6-7H2,(H,21,23). The average molecular weight is 360 g/mol. The molecule has 3 aromatic rings. The maximum Gasteiger partial charge on any atom is 0.387 e. The molecule has 8 heteroatoms. The molecule has 26 heavy (non-hydrogen) atoms. The lowest BCUT2D eigenvalue weighted by Gasteiger charge is -2.13. The lowest BCUT2D eigenvalue weighted by atomic mass is 10.0. The molecule has 1 aliphatic rings. The second kappa shape index (κ2) is 6.29. The van der Waals surface area contributed by atoms with Gasteiger partial charge >= 0.3 is 6.61 Å². The monoisotopic (exact) mass is 360 g/mol. The van der Waals surface area contributed by atoms with E-state index in [0.717, 1.165) is 0 Å². The SMILES string of the molecule is O=C(Nc1cccc(OC(F)F)c1)C1(c2cc(-c3ccco3)on2)CC1. The van der Waals surface area contributed by atoms with Crippen molar-refractivity contribution >= 4 is 11.6 Å². The van der Waals surface area contributed by atoms with E-state index in [4.69, 9.17) is 8.94 Å². The number of halogens is 2. The van der Waals surface area contributed by atoms with Crippen molar-refractivity contribution in [3.8, 4) is 17.3 Å². The van der Waals surface area contributed by atoms with Gasteiger partial charge in [-0.2, -0.15) is 8.78 Å². The lowest BCUT2D eigenvalue weighted by molar-refractivity contribution is -0.118. The number of carbonyl (C=O) groups excluding carboxylic acids is 1. The van der Waals surface area contributed by atoms with E-state index in [-0.39, 0.29) is 11.7 Å². The summed E-state index contributed by atoms with van der Waals surface area (Å²) in [4.78, 5) is 12.7. The van der Waals surface area contributed by atoms with Crippen LogP contribution in [0, 0.1) is 0 Å². The normalized spacial score (nSPS) is 15.0. The molecule has 6 nitrogen and oxygen atoms in total. The van der Waals surface area contributed by atoms with E-state index >= 15 is 0 Å². The molecule has 2 aromatic heterocycles. The number of furan rings is 1. The molecule has 0 saturated heterocycles. The van der Waals surface area contributed by atoms with Gasteiger partial charge in [0.2, 0.25) is 11.7 Å². The predicted octanol–water partition coefficient (Wildman–Crippen LogP) is 4.21. The molecule has 0 atom stereocenters. The van der Waals surface area contributed by atoms with E-state index in [1.807, 2.05) is 0 Å². The summed E-state index contributed by atoms with van der Waals surface area (Å²) in [6.45, 7) is -2.93. The van der Waals surface area contributed by atoms with Crippen molar-refractivity contribution in [2.45, 2.75) is 24.9 Å². The molecule has 1 N–H and O–H groups in total. The van der Waals surface area contributed by atoms with Crippen LogP contribution in [-0.2, 0) is 10.2 Å². The van der Waals surface area contributed by atoms with Crippen LogP contribution in [0.1, 0.15) is 18.5 Å². The Morgan fingerprint density at radius 1 is 1.19 bits per heavy atom. The number of amides is 1. The highest BCUT2D eigenvalue weighted by Gasteiger charge is 2.54. The molecular formula is C18H14F2N2O4. The first-order chi connectivity index (χ1) is 12.6. The number of anilines is 1. The van der Waals surface area contributed by atoms with Crippen LogP contribution in [0.3, 0.4) is 0 Å². The third kappa shape index (κ3) is 3.05. The van der Waals surface area contributed by atoms with Gasteiger partial charge in [0.15, 0.2) is 5.76 Å². The minimum Gasteiger partial charge on any atom is -0.461 e. The number of hydrogen-bond donors (Lipinski definition) is 1. The summed E-state index contributed by atoms with van der Waals surface area (Å²) >= 11 is 0. The Kier molecular flexibility index (Phi) is 3.95. The number of nitrogens with zero attached hydrogens (tertiary/aromatic N) is 1. The fourth-order valence-corrected chi connectivity index (χ4v) is 2.76. The first kappa shape index (κ1) is 16.3. The van der Waals surface area contributed by atoms with Crippen LogP contribution in [0.15, 0.2) is 57.7 Å². The molecule has 1 saturated carbocycles. The Bertz CT molecular complexity index is 917. The number of aromatic nitrogens is 1. The minimum atomic E-state index is -2.93. The van der Waals surface area contributed by atoms with Crippen molar-refractivity contribution in [3.05, 3.63) is 54.4 Å². The molecule has 134 valence electrons. The third-order valence-electron chi connectivity index (χ3n) is 4.27. The van der Waals surface area contributed by atoms with Crippen molar-refractivity contribution in [3.63, 3.8) is 0 Å². The van der Waals surface area contributed by atoms with Gasteiger partial charge in [0, 0.05) is 17.8 Å². The number of hydrogen-bond acceptors (Lipinski definition) is 5. The van der Waals surface area contributed by atoms with Crippen LogP contribution in [-0.4, -0.2) is 17.7 Å². The molecule has 4 rings (SSSR count). The number of ether oxygens (including phenoxy) is 1. The van der Waals surface area contributed by atoms with Crippen LogP contribution in [0.2, 0.25) is 0 Å². The molecule has 1 aliphatic carbocycles. The first-order valence-electron chi connectivity index (χ1n) is 7.94. The van der Waals surface area contributed by atoms with Crippen LogP contribution in [0.4, 0.5) is 14.5 Å². The quantitative estimate of drug-likeness (QED) is 0.713. The number of carbonyl (C=O) groups is 1. The van der Waals surface area contributed by atoms with E-state index in [9.17, 15) is 13.6 Å². The van der Waals surface area contributed by atoms with Crippen LogP contribution >= 0.6 is 0 Å². The summed E-state index contributed by atoms with van der Waals surface area (Å²) in [5, 5.41) is 6.74. The van der Waals surface area contributed by atoms with E-state index < -0.39 is 12.0 Å². The highest BCUT2D eigenvalue weighted by molar-refractivity contribution is 6.01. The number of nitrogens with one attached hydrogen (secondary N) is 1. The highest BCUT2D eigenvalue weighted by atomic mass is 19.3. The maximum absolute atomic E-state index is 12.7. The van der Waals surface area contributed by atoms with Crippen LogP contribution in [0.25, 0.3) is 11.5 Å². The summed E-state index contributed by atoms with van der Waals surface area (Å²) in [6.07, 6.45) is 2.76. The van der Waals surface area contributed by atoms with Gasteiger partial charge in [0.25, 0.3) is 0 Å². The van der Waals surface area contributed by atoms with Crippen molar-refractivity contribution in [1.29, 1.82) is 0 Å². The third-order valence-corrected chi connectivity index (χ3v) is 4.27. The van der Waals surface area contributed by atoms with Gasteiger partial charge in [-0.3, -0.25) is 4.79 Å². The molecule has 0 spiro atoms. The molecule has 2 heterocycles. The summed E-state index contributed by atoms with van der Waals surface area (Å²) in [5.74, 6) is 0.670. The fourth-order valence-electron chi connectivity index (χ4n) is 2.76. The number of alkyl halides is 2. The van der Waals surface area contributed by atoms with Crippen molar-refractivity contribution in [2.75, 3.05) is 5.32 Å². The fraction of sp³-hybridized carbons (Fsp3) is 0.222. The Hall–Kier alpha value is -3.16. The van der Waals surface area contributed by atoms with Gasteiger partial charge in [0.05, 0.1) is 17.4 Å². The predicted molar refractivity (Wildman–Crippen MR) is 86.8 cm³/mol. The van der Waals surface area contributed by atoms with Crippen molar-refractivity contribution in [1.82, 2.24) is 5.16 Å². The molecule has 1 amide bonds. The van der Waals surface area contributed by atoms with E-state index in [1.54, 1.807) is 24.3 Å². The smallest absolute Gasteiger partial charge is 0.387 e. The number of benzene rings is 1. The summed E-state index contributed by atoms with van der Waals surface area (Å²) < 4.78 is 39.5. The van der Waals surface area contributed by atoms with Gasteiger partial charge in [0.1, 0.15) is 5.75 Å². The summed E-state index contributed by atoms with van der Waals surface area (Å²) in [5.41, 5.74) is 0.101. The Balaban J connectivity index is 1.51. The molecule has 0 radical (unpaired) electrons. The van der Waals surface area contributed by atoms with E-state index in [1.165, 1.54) is 24.5 Å².